The highest BCUT2D eigenvalue weighted by Crippen LogP contribution is 2.25. The fourth-order valence-corrected chi connectivity index (χ4v) is 2.10. The number of anilines is 1. The Morgan fingerprint density at radius 3 is 3.00 bits per heavy atom. The Bertz CT molecular complexity index is 540. The number of carbonyl (C=O) groups is 1. The van der Waals surface area contributed by atoms with Crippen LogP contribution in [0.15, 0.2) is 17.4 Å². The third kappa shape index (κ3) is 3.21. The zero-order valence-electron chi connectivity index (χ0n) is 11.9. The number of aromatic nitrogens is 2. The summed E-state index contributed by atoms with van der Waals surface area (Å²) in [6.07, 6.45) is 1.23. The van der Waals surface area contributed by atoms with Gasteiger partial charge in [-0.15, -0.1) is 0 Å². The molecule has 8 nitrogen and oxygen atoms in total. The van der Waals surface area contributed by atoms with Crippen LogP contribution in [0.5, 0.6) is 0 Å². The van der Waals surface area contributed by atoms with Gasteiger partial charge in [-0.25, -0.2) is 9.48 Å². The number of fused-ring (bicyclic) bond motifs is 1. The molecule has 1 amide bonds. The second-order valence-corrected chi connectivity index (χ2v) is 5.74. The largest absolute Gasteiger partial charge is 0.443 e. The van der Waals surface area contributed by atoms with Gasteiger partial charge in [0.15, 0.2) is 0 Å². The third-order valence-electron chi connectivity index (χ3n) is 2.86. The lowest BCUT2D eigenvalue weighted by Gasteiger charge is -2.33. The Kier molecular flexibility index (Phi) is 3.85. The minimum absolute atomic E-state index is 0.0332. The van der Waals surface area contributed by atoms with Gasteiger partial charge in [0.2, 0.25) is 0 Å². The van der Waals surface area contributed by atoms with E-state index in [1.165, 1.54) is 0 Å². The van der Waals surface area contributed by atoms with Crippen LogP contribution < -0.4 is 4.90 Å². The Hall–Kier alpha value is -2.21. The predicted octanol–water partition coefficient (Wildman–Crippen LogP) is 2.56. The van der Waals surface area contributed by atoms with Crippen molar-refractivity contribution >= 4 is 11.9 Å². The van der Waals surface area contributed by atoms with Gasteiger partial charge < -0.3 is 4.74 Å². The molecule has 2 rings (SSSR count). The topological polar surface area (TPSA) is 96.1 Å². The molecule has 1 unspecified atom stereocenters. The lowest BCUT2D eigenvalue weighted by molar-refractivity contribution is 0.0564. The van der Waals surface area contributed by atoms with Gasteiger partial charge in [0.1, 0.15) is 11.4 Å². The molecule has 1 aromatic heterocycles. The highest BCUT2D eigenvalue weighted by Gasteiger charge is 2.31. The fourth-order valence-electron chi connectivity index (χ4n) is 2.10. The average molecular weight is 278 g/mol. The zero-order valence-corrected chi connectivity index (χ0v) is 11.9. The van der Waals surface area contributed by atoms with Gasteiger partial charge in [0.05, 0.1) is 6.20 Å². The number of hydrogen-bond donors (Lipinski definition) is 0. The molecule has 0 bridgehead atoms. The monoisotopic (exact) mass is 278 g/mol. The van der Waals surface area contributed by atoms with Crippen LogP contribution in [-0.2, 0) is 11.3 Å². The van der Waals surface area contributed by atoms with Crippen molar-refractivity contribution in [1.82, 2.24) is 9.78 Å². The van der Waals surface area contributed by atoms with Crippen molar-refractivity contribution in [3.05, 3.63) is 22.7 Å². The smallest absolute Gasteiger partial charge is 0.416 e. The van der Waals surface area contributed by atoms with Crippen LogP contribution in [0.2, 0.25) is 0 Å². The number of nitrogens with zero attached hydrogens (tertiary/aromatic N) is 6. The zero-order chi connectivity index (χ0) is 14.8. The molecular weight excluding hydrogens is 260 g/mol. The number of ether oxygens (including phenoxy) is 1. The van der Waals surface area contributed by atoms with E-state index in [1.54, 1.807) is 21.8 Å². The molecule has 0 N–H and O–H groups in total. The van der Waals surface area contributed by atoms with Crippen molar-refractivity contribution in [2.45, 2.75) is 32.9 Å². The maximum atomic E-state index is 12.3. The van der Waals surface area contributed by atoms with Crippen molar-refractivity contribution in [2.75, 3.05) is 18.0 Å². The van der Waals surface area contributed by atoms with Crippen molar-refractivity contribution in [1.29, 1.82) is 0 Å². The highest BCUT2D eigenvalue weighted by atomic mass is 16.6. The molecule has 1 atom stereocenters. The molecule has 0 saturated heterocycles. The van der Waals surface area contributed by atoms with E-state index in [2.05, 4.69) is 15.1 Å². The maximum absolute atomic E-state index is 12.3. The molecule has 108 valence electrons. The van der Waals surface area contributed by atoms with Gasteiger partial charge in [0.25, 0.3) is 0 Å². The summed E-state index contributed by atoms with van der Waals surface area (Å²) in [6.45, 7) is 6.88. The molecule has 1 aliphatic heterocycles. The molecular formula is C12H18N6O2. The second kappa shape index (κ2) is 5.42. The average Bonchev–Trinajstić information content (AvgIpc) is 2.81. The minimum atomic E-state index is -0.556. The first kappa shape index (κ1) is 14.2. The summed E-state index contributed by atoms with van der Waals surface area (Å²) in [5, 5.41) is 7.76. The standard InChI is InChI=1S/C12H18N6O2/c1-12(2,3)20-11(19)17-7-9(6-14-16-13)8-18-10(17)4-5-15-18/h4-5,9H,6-8H2,1-3H3. The number of hydrogen-bond acceptors (Lipinski definition) is 4. The molecule has 1 aromatic rings. The Labute approximate surface area is 116 Å². The first-order valence-electron chi connectivity index (χ1n) is 6.44. The van der Waals surface area contributed by atoms with E-state index in [4.69, 9.17) is 10.3 Å². The van der Waals surface area contributed by atoms with Crippen LogP contribution in [0.4, 0.5) is 10.6 Å². The van der Waals surface area contributed by atoms with Gasteiger partial charge >= 0.3 is 6.09 Å². The summed E-state index contributed by atoms with van der Waals surface area (Å²) in [7, 11) is 0. The van der Waals surface area contributed by atoms with Gasteiger partial charge in [-0.1, -0.05) is 5.11 Å². The lowest BCUT2D eigenvalue weighted by atomic mass is 10.1. The predicted molar refractivity (Wildman–Crippen MR) is 73.3 cm³/mol. The van der Waals surface area contributed by atoms with Gasteiger partial charge in [0, 0.05) is 36.5 Å². The molecule has 1 aliphatic rings. The summed E-state index contributed by atoms with van der Waals surface area (Å²) < 4.78 is 7.13. The van der Waals surface area contributed by atoms with Crippen LogP contribution in [-0.4, -0.2) is 34.6 Å². The van der Waals surface area contributed by atoms with Crippen LogP contribution in [0.1, 0.15) is 20.8 Å². The Balaban J connectivity index is 2.19. The molecule has 0 saturated carbocycles. The molecule has 0 spiro atoms. The molecule has 2 heterocycles. The van der Waals surface area contributed by atoms with E-state index in [0.717, 1.165) is 0 Å². The molecule has 0 radical (unpaired) electrons. The molecule has 0 fully saturated rings. The van der Waals surface area contributed by atoms with Crippen molar-refractivity contribution in [3.63, 3.8) is 0 Å². The first-order chi connectivity index (χ1) is 9.40. The summed E-state index contributed by atoms with van der Waals surface area (Å²) in [6, 6.07) is 1.77. The first-order valence-corrected chi connectivity index (χ1v) is 6.44. The van der Waals surface area contributed by atoms with Crippen molar-refractivity contribution in [2.24, 2.45) is 11.0 Å². The summed E-state index contributed by atoms with van der Waals surface area (Å²) in [4.78, 5) is 16.6. The SMILES string of the molecule is CC(C)(C)OC(=O)N1CC(CN=[N+]=[N-])Cn2nccc21. The molecule has 8 heteroatoms. The van der Waals surface area contributed by atoms with Crippen LogP contribution in [0.3, 0.4) is 0 Å². The molecule has 20 heavy (non-hydrogen) atoms. The quantitative estimate of drug-likeness (QED) is 0.472. The Morgan fingerprint density at radius 1 is 1.60 bits per heavy atom. The van der Waals surface area contributed by atoms with E-state index in [-0.39, 0.29) is 5.92 Å². The second-order valence-electron chi connectivity index (χ2n) is 5.74. The van der Waals surface area contributed by atoms with Crippen LogP contribution >= 0.6 is 0 Å². The summed E-state index contributed by atoms with van der Waals surface area (Å²) in [5.74, 6) is 0.738. The molecule has 0 aliphatic carbocycles. The van der Waals surface area contributed by atoms with Gasteiger partial charge in [-0.3, -0.25) is 4.90 Å². The number of rotatable bonds is 2. The normalized spacial score (nSPS) is 18.1. The van der Waals surface area contributed by atoms with Crippen molar-refractivity contribution < 1.29 is 9.53 Å². The maximum Gasteiger partial charge on any atom is 0.416 e. The van der Waals surface area contributed by atoms with Crippen LogP contribution in [0.25, 0.3) is 10.4 Å². The highest BCUT2D eigenvalue weighted by molar-refractivity contribution is 5.87. The Morgan fingerprint density at radius 2 is 2.35 bits per heavy atom. The lowest BCUT2D eigenvalue weighted by Crippen LogP contribution is -2.45. The number of azide groups is 1. The molecule has 0 aromatic carbocycles. The van der Waals surface area contributed by atoms with Crippen molar-refractivity contribution in [3.8, 4) is 0 Å². The third-order valence-corrected chi connectivity index (χ3v) is 2.86. The van der Waals surface area contributed by atoms with Gasteiger partial charge in [-0.2, -0.15) is 5.10 Å². The minimum Gasteiger partial charge on any atom is -0.443 e. The van der Waals surface area contributed by atoms with Gasteiger partial charge in [-0.05, 0) is 26.3 Å². The van der Waals surface area contributed by atoms with Crippen LogP contribution in [0, 0.1) is 5.92 Å². The van der Waals surface area contributed by atoms with E-state index in [1.807, 2.05) is 20.8 Å². The number of amides is 1. The van der Waals surface area contributed by atoms with E-state index < -0.39 is 11.7 Å². The van der Waals surface area contributed by atoms with E-state index in [9.17, 15) is 4.79 Å². The summed E-state index contributed by atoms with van der Waals surface area (Å²) in [5.41, 5.74) is 7.85. The van der Waals surface area contributed by atoms with E-state index >= 15 is 0 Å². The fraction of sp³-hybridized carbons (Fsp3) is 0.667. The summed E-state index contributed by atoms with van der Waals surface area (Å²) >= 11 is 0. The van der Waals surface area contributed by atoms with E-state index in [0.29, 0.717) is 25.5 Å². The number of carbonyl (C=O) groups excluding carboxylic acids is 1.